The summed E-state index contributed by atoms with van der Waals surface area (Å²) >= 11 is 18.5. The largest absolute Gasteiger partial charge is 0.497 e. The van der Waals surface area contributed by atoms with Crippen LogP contribution in [-0.4, -0.2) is 24.3 Å². The topological polar surface area (TPSA) is 59.8 Å². The fraction of sp³-hybridized carbons (Fsp3) is 0.154. The van der Waals surface area contributed by atoms with E-state index in [4.69, 9.17) is 49.3 Å². The van der Waals surface area contributed by atoms with E-state index >= 15 is 0 Å². The lowest BCUT2D eigenvalue weighted by Crippen LogP contribution is -2.29. The highest BCUT2D eigenvalue weighted by atomic mass is 35.5. The maximum Gasteiger partial charge on any atom is 0.174 e. The van der Waals surface area contributed by atoms with Gasteiger partial charge in [-0.1, -0.05) is 35.3 Å². The van der Waals surface area contributed by atoms with Crippen LogP contribution in [0.25, 0.3) is 11.3 Å². The summed E-state index contributed by atoms with van der Waals surface area (Å²) in [6.07, 6.45) is 1.76. The number of pyridine rings is 1. The fourth-order valence-corrected chi connectivity index (χ4v) is 4.97. The van der Waals surface area contributed by atoms with Crippen molar-refractivity contribution in [3.63, 3.8) is 0 Å². The minimum absolute atomic E-state index is 0.284. The molecule has 0 saturated carbocycles. The summed E-state index contributed by atoms with van der Waals surface area (Å²) in [7, 11) is 3.24. The van der Waals surface area contributed by atoms with Crippen LogP contribution < -0.4 is 19.7 Å². The van der Waals surface area contributed by atoms with Crippen LogP contribution in [0.1, 0.15) is 23.5 Å². The first-order chi connectivity index (χ1) is 17.0. The SMILES string of the molecule is COc1ccc(OC)c(N2C(=S)NC(c3ccccn3)C2c2ccc(-c3cccc(Cl)c3Cl)o2)c1. The first kappa shape index (κ1) is 23.5. The second-order valence-corrected chi connectivity index (χ2v) is 9.01. The highest BCUT2D eigenvalue weighted by Crippen LogP contribution is 2.47. The summed E-state index contributed by atoms with van der Waals surface area (Å²) < 4.78 is 17.5. The number of aromatic nitrogens is 1. The molecule has 35 heavy (non-hydrogen) atoms. The van der Waals surface area contributed by atoms with E-state index in [0.29, 0.717) is 43.7 Å². The van der Waals surface area contributed by atoms with Gasteiger partial charge in [-0.3, -0.25) is 4.98 Å². The van der Waals surface area contributed by atoms with E-state index in [1.165, 1.54) is 0 Å². The lowest BCUT2D eigenvalue weighted by atomic mass is 10.0. The molecule has 2 aromatic heterocycles. The molecule has 0 amide bonds. The van der Waals surface area contributed by atoms with Gasteiger partial charge in [-0.2, -0.15) is 0 Å². The molecule has 2 atom stereocenters. The van der Waals surface area contributed by atoms with Gasteiger partial charge in [0.2, 0.25) is 0 Å². The molecule has 1 saturated heterocycles. The molecule has 5 rings (SSSR count). The summed E-state index contributed by atoms with van der Waals surface area (Å²) in [5.41, 5.74) is 2.27. The molecule has 4 aromatic rings. The standard InChI is InChI=1S/C26H21Cl2N3O3S/c1-32-15-9-10-21(33-2)19(14-15)31-25(24(30-26(31)35)18-8-3-4-13-29-18)22-12-11-20(34-22)16-6-5-7-17(27)23(16)28/h3-14,24-25H,1-2H3,(H,30,35). The third kappa shape index (κ3) is 4.31. The van der Waals surface area contributed by atoms with Gasteiger partial charge in [-0.25, -0.2) is 0 Å². The predicted octanol–water partition coefficient (Wildman–Crippen LogP) is 6.84. The molecule has 1 fully saturated rings. The smallest absolute Gasteiger partial charge is 0.174 e. The summed E-state index contributed by atoms with van der Waals surface area (Å²) in [4.78, 5) is 6.55. The number of halogens is 2. The molecule has 0 aliphatic carbocycles. The van der Waals surface area contributed by atoms with Gasteiger partial charge in [-0.15, -0.1) is 0 Å². The molecule has 3 heterocycles. The predicted molar refractivity (Wildman–Crippen MR) is 142 cm³/mol. The first-order valence-corrected chi connectivity index (χ1v) is 11.9. The molecular formula is C26H21Cl2N3O3S. The average molecular weight is 526 g/mol. The first-order valence-electron chi connectivity index (χ1n) is 10.8. The lowest BCUT2D eigenvalue weighted by molar-refractivity contribution is 0.400. The number of hydrogen-bond donors (Lipinski definition) is 1. The molecule has 0 bridgehead atoms. The number of furan rings is 1. The van der Waals surface area contributed by atoms with Gasteiger partial charge in [0.15, 0.2) is 5.11 Å². The Morgan fingerprint density at radius 1 is 1.00 bits per heavy atom. The van der Waals surface area contributed by atoms with Crippen molar-refractivity contribution in [2.24, 2.45) is 0 Å². The molecule has 2 aromatic carbocycles. The van der Waals surface area contributed by atoms with Gasteiger partial charge in [0.05, 0.1) is 41.7 Å². The summed E-state index contributed by atoms with van der Waals surface area (Å²) in [5, 5.41) is 4.82. The van der Waals surface area contributed by atoms with E-state index < -0.39 is 0 Å². The van der Waals surface area contributed by atoms with Crippen LogP contribution in [0.5, 0.6) is 11.5 Å². The van der Waals surface area contributed by atoms with Crippen LogP contribution in [-0.2, 0) is 0 Å². The van der Waals surface area contributed by atoms with Crippen LogP contribution in [0.4, 0.5) is 5.69 Å². The van der Waals surface area contributed by atoms with Crippen molar-refractivity contribution in [3.05, 3.63) is 94.4 Å². The van der Waals surface area contributed by atoms with Gasteiger partial charge < -0.3 is 24.1 Å². The molecule has 178 valence electrons. The van der Waals surface area contributed by atoms with Crippen molar-refractivity contribution < 1.29 is 13.9 Å². The summed E-state index contributed by atoms with van der Waals surface area (Å²) in [6, 6.07) is 19.9. The van der Waals surface area contributed by atoms with E-state index in [0.717, 1.165) is 11.4 Å². The number of rotatable bonds is 6. The van der Waals surface area contributed by atoms with E-state index in [1.807, 2.05) is 65.6 Å². The number of methoxy groups -OCH3 is 2. The number of hydrogen-bond acceptors (Lipinski definition) is 5. The van der Waals surface area contributed by atoms with Crippen LogP contribution in [0.3, 0.4) is 0 Å². The number of ether oxygens (including phenoxy) is 2. The Morgan fingerprint density at radius 3 is 2.60 bits per heavy atom. The van der Waals surface area contributed by atoms with Crippen molar-refractivity contribution >= 4 is 46.2 Å². The van der Waals surface area contributed by atoms with Crippen LogP contribution in [0, 0.1) is 0 Å². The zero-order valence-electron chi connectivity index (χ0n) is 18.9. The van der Waals surface area contributed by atoms with E-state index in [9.17, 15) is 0 Å². The molecule has 2 unspecified atom stereocenters. The molecule has 0 radical (unpaired) electrons. The Labute approximate surface area is 218 Å². The number of nitrogens with one attached hydrogen (secondary N) is 1. The Morgan fingerprint density at radius 2 is 1.86 bits per heavy atom. The zero-order valence-corrected chi connectivity index (χ0v) is 21.2. The molecular weight excluding hydrogens is 505 g/mol. The quantitative estimate of drug-likeness (QED) is 0.276. The monoisotopic (exact) mass is 525 g/mol. The molecule has 6 nitrogen and oxygen atoms in total. The molecule has 9 heteroatoms. The highest BCUT2D eigenvalue weighted by Gasteiger charge is 2.43. The van der Waals surface area contributed by atoms with Crippen LogP contribution in [0.15, 0.2) is 77.3 Å². The Kier molecular flexibility index (Phi) is 6.56. The Hall–Kier alpha value is -3.26. The lowest BCUT2D eigenvalue weighted by Gasteiger charge is -2.27. The highest BCUT2D eigenvalue weighted by molar-refractivity contribution is 7.80. The van der Waals surface area contributed by atoms with Gasteiger partial charge in [0, 0.05) is 17.8 Å². The molecule has 1 aliphatic heterocycles. The molecule has 1 aliphatic rings. The normalized spacial score (nSPS) is 17.4. The van der Waals surface area contributed by atoms with Crippen molar-refractivity contribution in [2.75, 3.05) is 19.1 Å². The fourth-order valence-electron chi connectivity index (χ4n) is 4.24. The Balaban J connectivity index is 1.65. The Bertz CT molecular complexity index is 1380. The van der Waals surface area contributed by atoms with Crippen molar-refractivity contribution in [2.45, 2.75) is 12.1 Å². The number of nitrogens with zero attached hydrogens (tertiary/aromatic N) is 2. The minimum atomic E-state index is -0.370. The van der Waals surface area contributed by atoms with E-state index in [-0.39, 0.29) is 12.1 Å². The van der Waals surface area contributed by atoms with Gasteiger partial charge in [0.1, 0.15) is 29.1 Å². The number of benzene rings is 2. The molecule has 1 N–H and O–H groups in total. The second-order valence-electron chi connectivity index (χ2n) is 7.84. The summed E-state index contributed by atoms with van der Waals surface area (Å²) in [6.45, 7) is 0. The molecule has 0 spiro atoms. The van der Waals surface area contributed by atoms with Crippen LogP contribution >= 0.6 is 35.4 Å². The third-order valence-electron chi connectivity index (χ3n) is 5.88. The minimum Gasteiger partial charge on any atom is -0.497 e. The van der Waals surface area contributed by atoms with Crippen LogP contribution in [0.2, 0.25) is 10.0 Å². The average Bonchev–Trinajstić information content (AvgIpc) is 3.50. The number of thiocarbonyl (C=S) groups is 1. The second kappa shape index (κ2) is 9.77. The van der Waals surface area contributed by atoms with Crippen molar-refractivity contribution in [1.29, 1.82) is 0 Å². The summed E-state index contributed by atoms with van der Waals surface area (Å²) in [5.74, 6) is 2.59. The maximum absolute atomic E-state index is 6.47. The number of anilines is 1. The van der Waals surface area contributed by atoms with Gasteiger partial charge in [-0.05, 0) is 60.7 Å². The third-order valence-corrected chi connectivity index (χ3v) is 7.01. The van der Waals surface area contributed by atoms with Crippen molar-refractivity contribution in [3.8, 4) is 22.8 Å². The zero-order chi connectivity index (χ0) is 24.5. The van der Waals surface area contributed by atoms with Gasteiger partial charge >= 0.3 is 0 Å². The van der Waals surface area contributed by atoms with E-state index in [2.05, 4.69) is 10.3 Å². The van der Waals surface area contributed by atoms with Gasteiger partial charge in [0.25, 0.3) is 0 Å². The van der Waals surface area contributed by atoms with Crippen molar-refractivity contribution in [1.82, 2.24) is 10.3 Å². The maximum atomic E-state index is 6.47. The van der Waals surface area contributed by atoms with E-state index in [1.54, 1.807) is 26.5 Å².